The van der Waals surface area contributed by atoms with E-state index >= 15 is 0 Å². The average molecular weight is 303 g/mol. The molecule has 0 spiro atoms. The lowest BCUT2D eigenvalue weighted by atomic mass is 10.1. The zero-order valence-electron chi connectivity index (χ0n) is 13.2. The fourth-order valence-corrected chi connectivity index (χ4v) is 2.65. The van der Waals surface area contributed by atoms with Crippen molar-refractivity contribution in [1.29, 1.82) is 0 Å². The van der Waals surface area contributed by atoms with Gasteiger partial charge in [0, 0.05) is 6.92 Å². The molecule has 6 heteroatoms. The summed E-state index contributed by atoms with van der Waals surface area (Å²) in [6, 6.07) is 10.3. The summed E-state index contributed by atoms with van der Waals surface area (Å²) >= 11 is 0. The lowest BCUT2D eigenvalue weighted by Crippen LogP contribution is -2.54. The molecule has 118 valence electrons. The molecule has 1 fully saturated rings. The maximum atomic E-state index is 6.10. The SMILES string of the molecule is Cc1nnc(N2C[C@H](COc3ccccc3)OC(C)(C)C2)o1. The molecule has 0 aliphatic carbocycles. The Labute approximate surface area is 130 Å². The Morgan fingerprint density at radius 3 is 2.73 bits per heavy atom. The van der Waals surface area contributed by atoms with Crippen LogP contribution in [0.5, 0.6) is 5.75 Å². The number of hydrogen-bond donors (Lipinski definition) is 0. The van der Waals surface area contributed by atoms with Crippen molar-refractivity contribution in [3.8, 4) is 5.75 Å². The Morgan fingerprint density at radius 1 is 1.27 bits per heavy atom. The standard InChI is InChI=1S/C16H21N3O3/c1-12-17-18-15(21-12)19-9-14(22-16(2,3)11-19)10-20-13-7-5-4-6-8-13/h4-8,14H,9-11H2,1-3H3/t14-/m1/s1. The van der Waals surface area contributed by atoms with Crippen molar-refractivity contribution in [2.24, 2.45) is 0 Å². The Hall–Kier alpha value is -2.08. The molecule has 3 rings (SSSR count). The van der Waals surface area contributed by atoms with Crippen LogP contribution in [-0.2, 0) is 4.74 Å². The van der Waals surface area contributed by atoms with E-state index in [4.69, 9.17) is 13.9 Å². The lowest BCUT2D eigenvalue weighted by molar-refractivity contribution is -0.0980. The van der Waals surface area contributed by atoms with Gasteiger partial charge in [-0.25, -0.2) is 0 Å². The molecule has 1 aliphatic rings. The molecule has 22 heavy (non-hydrogen) atoms. The van der Waals surface area contributed by atoms with Crippen molar-refractivity contribution in [2.45, 2.75) is 32.5 Å². The zero-order chi connectivity index (χ0) is 15.6. The molecule has 0 unspecified atom stereocenters. The van der Waals surface area contributed by atoms with E-state index in [1.165, 1.54) is 0 Å². The van der Waals surface area contributed by atoms with Crippen molar-refractivity contribution >= 4 is 6.01 Å². The van der Waals surface area contributed by atoms with E-state index in [0.29, 0.717) is 31.6 Å². The van der Waals surface area contributed by atoms with Gasteiger partial charge in [-0.1, -0.05) is 23.3 Å². The van der Waals surface area contributed by atoms with E-state index in [1.807, 2.05) is 30.3 Å². The van der Waals surface area contributed by atoms with Crippen LogP contribution in [0.3, 0.4) is 0 Å². The Kier molecular flexibility index (Phi) is 4.02. The predicted molar refractivity (Wildman–Crippen MR) is 82.1 cm³/mol. The van der Waals surface area contributed by atoms with Crippen molar-refractivity contribution < 1.29 is 13.9 Å². The second-order valence-electron chi connectivity index (χ2n) is 6.11. The maximum Gasteiger partial charge on any atom is 0.318 e. The van der Waals surface area contributed by atoms with Crippen molar-refractivity contribution in [3.05, 3.63) is 36.2 Å². The molecular formula is C16H21N3O3. The number of aryl methyl sites for hydroxylation is 1. The van der Waals surface area contributed by atoms with Crippen molar-refractivity contribution in [3.63, 3.8) is 0 Å². The van der Waals surface area contributed by atoms with Gasteiger partial charge in [-0.05, 0) is 26.0 Å². The highest BCUT2D eigenvalue weighted by atomic mass is 16.6. The first-order chi connectivity index (χ1) is 10.5. The van der Waals surface area contributed by atoms with Crippen LogP contribution in [0.25, 0.3) is 0 Å². The number of hydrogen-bond acceptors (Lipinski definition) is 6. The smallest absolute Gasteiger partial charge is 0.318 e. The summed E-state index contributed by atoms with van der Waals surface area (Å²) in [5.41, 5.74) is -0.300. The third-order valence-corrected chi connectivity index (χ3v) is 3.45. The quantitative estimate of drug-likeness (QED) is 0.864. The van der Waals surface area contributed by atoms with Crippen LogP contribution in [0.15, 0.2) is 34.7 Å². The molecule has 0 amide bonds. The summed E-state index contributed by atoms with van der Waals surface area (Å²) in [5, 5.41) is 8.00. The summed E-state index contributed by atoms with van der Waals surface area (Å²) in [7, 11) is 0. The van der Waals surface area contributed by atoms with Crippen LogP contribution in [0.4, 0.5) is 6.01 Å². The first-order valence-electron chi connectivity index (χ1n) is 7.42. The minimum absolute atomic E-state index is 0.0591. The highest BCUT2D eigenvalue weighted by molar-refractivity contribution is 5.27. The van der Waals surface area contributed by atoms with E-state index in [2.05, 4.69) is 28.9 Å². The number of ether oxygens (including phenoxy) is 2. The normalized spacial score (nSPS) is 20.9. The average Bonchev–Trinajstić information content (AvgIpc) is 2.91. The molecule has 1 atom stereocenters. The lowest BCUT2D eigenvalue weighted by Gasteiger charge is -2.41. The van der Waals surface area contributed by atoms with Crippen LogP contribution < -0.4 is 9.64 Å². The van der Waals surface area contributed by atoms with E-state index < -0.39 is 0 Å². The van der Waals surface area contributed by atoms with Gasteiger partial charge in [-0.3, -0.25) is 0 Å². The van der Waals surface area contributed by atoms with Gasteiger partial charge in [0.05, 0.1) is 18.7 Å². The van der Waals surface area contributed by atoms with Crippen LogP contribution in [-0.4, -0.2) is 41.6 Å². The number of benzene rings is 1. The topological polar surface area (TPSA) is 60.6 Å². The molecule has 1 aliphatic heterocycles. The van der Waals surface area contributed by atoms with E-state index in [9.17, 15) is 0 Å². The number of anilines is 1. The minimum atomic E-state index is -0.300. The third-order valence-electron chi connectivity index (χ3n) is 3.45. The third kappa shape index (κ3) is 3.57. The summed E-state index contributed by atoms with van der Waals surface area (Å²) in [6.07, 6.45) is -0.0591. The Morgan fingerprint density at radius 2 is 2.05 bits per heavy atom. The molecule has 0 bridgehead atoms. The van der Waals surface area contributed by atoms with Crippen LogP contribution in [0.2, 0.25) is 0 Å². The summed E-state index contributed by atoms with van der Waals surface area (Å²) < 4.78 is 17.4. The van der Waals surface area contributed by atoms with Gasteiger partial charge >= 0.3 is 6.01 Å². The molecule has 1 aromatic carbocycles. The molecule has 0 radical (unpaired) electrons. The van der Waals surface area contributed by atoms with Crippen LogP contribution in [0.1, 0.15) is 19.7 Å². The second kappa shape index (κ2) is 5.96. The highest BCUT2D eigenvalue weighted by Gasteiger charge is 2.35. The maximum absolute atomic E-state index is 6.10. The number of aromatic nitrogens is 2. The predicted octanol–water partition coefficient (Wildman–Crippen LogP) is 2.44. The van der Waals surface area contributed by atoms with E-state index in [0.717, 1.165) is 5.75 Å². The fraction of sp³-hybridized carbons (Fsp3) is 0.500. The van der Waals surface area contributed by atoms with Crippen LogP contribution >= 0.6 is 0 Å². The molecule has 1 saturated heterocycles. The molecular weight excluding hydrogens is 282 g/mol. The van der Waals surface area contributed by atoms with E-state index in [1.54, 1.807) is 6.92 Å². The Bertz CT molecular complexity index is 612. The zero-order valence-corrected chi connectivity index (χ0v) is 13.2. The second-order valence-corrected chi connectivity index (χ2v) is 6.11. The number of para-hydroxylation sites is 1. The van der Waals surface area contributed by atoms with Crippen LogP contribution in [0, 0.1) is 6.92 Å². The molecule has 6 nitrogen and oxygen atoms in total. The number of morpholine rings is 1. The van der Waals surface area contributed by atoms with E-state index in [-0.39, 0.29) is 11.7 Å². The van der Waals surface area contributed by atoms with Gasteiger partial charge in [-0.2, -0.15) is 0 Å². The van der Waals surface area contributed by atoms with Gasteiger partial charge in [-0.15, -0.1) is 5.10 Å². The van der Waals surface area contributed by atoms with Crippen molar-refractivity contribution in [2.75, 3.05) is 24.6 Å². The number of nitrogens with zero attached hydrogens (tertiary/aromatic N) is 3. The van der Waals surface area contributed by atoms with Gasteiger partial charge in [0.2, 0.25) is 5.89 Å². The molecule has 2 aromatic rings. The molecule has 1 aromatic heterocycles. The summed E-state index contributed by atoms with van der Waals surface area (Å²) in [5.74, 6) is 1.41. The fourth-order valence-electron chi connectivity index (χ4n) is 2.65. The molecule has 0 saturated carbocycles. The van der Waals surface area contributed by atoms with Gasteiger partial charge in [0.15, 0.2) is 0 Å². The monoisotopic (exact) mass is 303 g/mol. The van der Waals surface area contributed by atoms with Gasteiger partial charge in [0.1, 0.15) is 18.5 Å². The first-order valence-corrected chi connectivity index (χ1v) is 7.42. The molecule has 0 N–H and O–H groups in total. The van der Waals surface area contributed by atoms with Crippen molar-refractivity contribution in [1.82, 2.24) is 10.2 Å². The molecule has 2 heterocycles. The summed E-state index contributed by atoms with van der Waals surface area (Å²) in [4.78, 5) is 2.06. The number of rotatable bonds is 4. The minimum Gasteiger partial charge on any atom is -0.491 e. The van der Waals surface area contributed by atoms with Gasteiger partial charge in [0.25, 0.3) is 0 Å². The Balaban J connectivity index is 1.66. The van der Waals surface area contributed by atoms with Gasteiger partial charge < -0.3 is 18.8 Å². The summed E-state index contributed by atoms with van der Waals surface area (Å²) in [6.45, 7) is 7.75. The first kappa shape index (κ1) is 14.8. The largest absolute Gasteiger partial charge is 0.491 e. The highest BCUT2D eigenvalue weighted by Crippen LogP contribution is 2.25.